The molecule has 0 aromatic heterocycles. The lowest BCUT2D eigenvalue weighted by atomic mass is 10.1. The number of aliphatic hydroxyl groups excluding tert-OH is 1. The highest BCUT2D eigenvalue weighted by atomic mass is 16.5. The van der Waals surface area contributed by atoms with Gasteiger partial charge in [0.2, 0.25) is 0 Å². The molecule has 0 aliphatic carbocycles. The lowest BCUT2D eigenvalue weighted by Crippen LogP contribution is -2.20. The van der Waals surface area contributed by atoms with Gasteiger partial charge in [-0.3, -0.25) is 0 Å². The van der Waals surface area contributed by atoms with Crippen molar-refractivity contribution >= 4 is 5.69 Å². The smallest absolute Gasteiger partial charge is 0.181 e. The molecule has 1 atom stereocenters. The van der Waals surface area contributed by atoms with Gasteiger partial charge in [0.15, 0.2) is 11.5 Å². The first kappa shape index (κ1) is 25.6. The van der Waals surface area contributed by atoms with Gasteiger partial charge in [0, 0.05) is 12.6 Å². The molecule has 3 N–H and O–H groups in total. The maximum atomic E-state index is 10.4. The maximum Gasteiger partial charge on any atom is 0.181 e. The second kappa shape index (κ2) is 17.4. The van der Waals surface area contributed by atoms with Crippen LogP contribution in [0.2, 0.25) is 0 Å². The predicted octanol–water partition coefficient (Wildman–Crippen LogP) is 6.86. The minimum absolute atomic E-state index is 0.0393. The summed E-state index contributed by atoms with van der Waals surface area (Å²) >= 11 is 0. The molecule has 0 amide bonds. The van der Waals surface area contributed by atoms with Crippen LogP contribution >= 0.6 is 0 Å². The van der Waals surface area contributed by atoms with Crippen LogP contribution in [-0.4, -0.2) is 29.5 Å². The molecule has 0 saturated carbocycles. The molecule has 29 heavy (non-hydrogen) atoms. The van der Waals surface area contributed by atoms with Gasteiger partial charge >= 0.3 is 0 Å². The molecule has 4 nitrogen and oxygen atoms in total. The second-order valence-corrected chi connectivity index (χ2v) is 8.03. The number of anilines is 1. The van der Waals surface area contributed by atoms with Crippen LogP contribution in [0.15, 0.2) is 18.2 Å². The number of benzene rings is 1. The average molecular weight is 407 g/mol. The van der Waals surface area contributed by atoms with Crippen molar-refractivity contribution in [3.63, 3.8) is 0 Å². The summed E-state index contributed by atoms with van der Waals surface area (Å²) < 4.78 is 5.79. The molecule has 1 unspecified atom stereocenters. The first-order valence-electron chi connectivity index (χ1n) is 11.8. The Hall–Kier alpha value is -1.42. The van der Waals surface area contributed by atoms with Crippen molar-refractivity contribution in [3.05, 3.63) is 25.1 Å². The number of phenolic OH excluding ortho intramolecular Hbond substituents is 1. The fraction of sp³-hybridized carbons (Fsp3) is 0.720. The molecular weight excluding hydrogens is 362 g/mol. The van der Waals surface area contributed by atoms with Gasteiger partial charge in [-0.1, -0.05) is 90.5 Å². The molecule has 0 spiro atoms. The summed E-state index contributed by atoms with van der Waals surface area (Å²) in [4.78, 5) is 0. The van der Waals surface area contributed by atoms with Crippen LogP contribution in [-0.2, 0) is 0 Å². The Balaban J connectivity index is 2.12. The van der Waals surface area contributed by atoms with Crippen molar-refractivity contribution in [1.82, 2.24) is 0 Å². The quantitative estimate of drug-likeness (QED) is 0.173. The first-order valence-corrected chi connectivity index (χ1v) is 11.8. The highest BCUT2D eigenvalue weighted by Gasteiger charge is 2.12. The van der Waals surface area contributed by atoms with Crippen LogP contribution in [0.4, 0.5) is 5.69 Å². The molecular formula is C25H44NO3. The molecule has 1 aromatic carbocycles. The zero-order valence-corrected chi connectivity index (χ0v) is 18.6. The molecule has 1 radical (unpaired) electrons. The third-order valence-electron chi connectivity index (χ3n) is 5.44. The molecule has 0 fully saturated rings. The summed E-state index contributed by atoms with van der Waals surface area (Å²) in [6.07, 6.45) is 17.1. The average Bonchev–Trinajstić information content (AvgIpc) is 2.73. The minimum Gasteiger partial charge on any atom is -0.503 e. The standard InChI is InChI=1S/C25H44NO3/c1-3-5-6-7-8-9-10-11-12-13-14-15-21-29-24-18-16-17-23(25(24)28)26-22(4-2)19-20-27/h16-18,22,26-28H,2-15,19-21H2,1H3. The van der Waals surface area contributed by atoms with Gasteiger partial charge in [0.05, 0.1) is 12.3 Å². The van der Waals surface area contributed by atoms with E-state index in [1.807, 2.05) is 12.1 Å². The van der Waals surface area contributed by atoms with E-state index in [1.54, 1.807) is 6.07 Å². The van der Waals surface area contributed by atoms with E-state index in [1.165, 1.54) is 70.6 Å². The van der Waals surface area contributed by atoms with Gasteiger partial charge in [-0.2, -0.15) is 0 Å². The summed E-state index contributed by atoms with van der Waals surface area (Å²) in [5.74, 6) is 0.660. The molecule has 0 aliphatic rings. The van der Waals surface area contributed by atoms with Crippen molar-refractivity contribution in [3.8, 4) is 11.5 Å². The Bertz CT molecular complexity index is 507. The summed E-state index contributed by atoms with van der Waals surface area (Å²) in [6, 6.07) is 5.54. The summed E-state index contributed by atoms with van der Waals surface area (Å²) in [5.41, 5.74) is 0.638. The van der Waals surface area contributed by atoms with Crippen LogP contribution in [0, 0.1) is 6.92 Å². The van der Waals surface area contributed by atoms with Crippen molar-refractivity contribution in [2.45, 2.75) is 103 Å². The van der Waals surface area contributed by atoms with E-state index in [0.29, 0.717) is 30.9 Å². The van der Waals surface area contributed by atoms with E-state index in [0.717, 1.165) is 6.42 Å². The van der Waals surface area contributed by atoms with Crippen molar-refractivity contribution in [2.75, 3.05) is 18.5 Å². The Morgan fingerprint density at radius 3 is 2.07 bits per heavy atom. The van der Waals surface area contributed by atoms with E-state index >= 15 is 0 Å². The van der Waals surface area contributed by atoms with Gasteiger partial charge in [-0.15, -0.1) is 0 Å². The predicted molar refractivity (Wildman–Crippen MR) is 124 cm³/mol. The maximum absolute atomic E-state index is 10.4. The number of nitrogens with one attached hydrogen (secondary N) is 1. The van der Waals surface area contributed by atoms with Crippen LogP contribution in [0.3, 0.4) is 0 Å². The molecule has 0 saturated heterocycles. The van der Waals surface area contributed by atoms with Gasteiger partial charge in [0.25, 0.3) is 0 Å². The monoisotopic (exact) mass is 406 g/mol. The highest BCUT2D eigenvalue weighted by Crippen LogP contribution is 2.34. The van der Waals surface area contributed by atoms with E-state index in [9.17, 15) is 5.11 Å². The molecule has 0 heterocycles. The zero-order chi connectivity index (χ0) is 21.2. The Labute approximate surface area is 179 Å². The number of phenols is 1. The number of para-hydroxylation sites is 1. The van der Waals surface area contributed by atoms with Crippen LogP contribution in [0.25, 0.3) is 0 Å². The summed E-state index contributed by atoms with van der Waals surface area (Å²) in [5, 5.41) is 22.8. The van der Waals surface area contributed by atoms with E-state index in [2.05, 4.69) is 19.2 Å². The van der Waals surface area contributed by atoms with Gasteiger partial charge in [0.1, 0.15) is 0 Å². The zero-order valence-electron chi connectivity index (χ0n) is 18.6. The van der Waals surface area contributed by atoms with Gasteiger partial charge in [-0.25, -0.2) is 0 Å². The first-order chi connectivity index (χ1) is 14.2. The number of hydrogen-bond donors (Lipinski definition) is 3. The summed E-state index contributed by atoms with van der Waals surface area (Å²) in [7, 11) is 0. The minimum atomic E-state index is 0.0393. The largest absolute Gasteiger partial charge is 0.503 e. The van der Waals surface area contributed by atoms with Crippen molar-refractivity contribution in [2.24, 2.45) is 0 Å². The van der Waals surface area contributed by atoms with Crippen molar-refractivity contribution in [1.29, 1.82) is 0 Å². The SMILES string of the molecule is [CH2]CC(CCO)Nc1cccc(OCCCCCCCCCCCCCC)c1O. The molecule has 0 aliphatic heterocycles. The number of aromatic hydroxyl groups is 1. The number of aliphatic hydroxyl groups is 1. The Kier molecular flexibility index (Phi) is 15.4. The van der Waals surface area contributed by atoms with Crippen LogP contribution < -0.4 is 10.1 Å². The second-order valence-electron chi connectivity index (χ2n) is 8.03. The van der Waals surface area contributed by atoms with E-state index in [4.69, 9.17) is 9.84 Å². The third-order valence-corrected chi connectivity index (χ3v) is 5.44. The lowest BCUT2D eigenvalue weighted by molar-refractivity contribution is 0.278. The molecule has 1 aromatic rings. The van der Waals surface area contributed by atoms with Crippen LogP contribution in [0.1, 0.15) is 96.8 Å². The van der Waals surface area contributed by atoms with Crippen molar-refractivity contribution < 1.29 is 14.9 Å². The fourth-order valence-electron chi connectivity index (χ4n) is 3.54. The number of hydrogen-bond acceptors (Lipinski definition) is 4. The number of unbranched alkanes of at least 4 members (excludes halogenated alkanes) is 11. The normalized spacial score (nSPS) is 12.1. The number of ether oxygens (including phenoxy) is 1. The van der Waals surface area contributed by atoms with Crippen LogP contribution in [0.5, 0.6) is 11.5 Å². The lowest BCUT2D eigenvalue weighted by Gasteiger charge is -2.19. The molecule has 4 heteroatoms. The fourth-order valence-corrected chi connectivity index (χ4v) is 3.54. The van der Waals surface area contributed by atoms with E-state index < -0.39 is 0 Å². The highest BCUT2D eigenvalue weighted by molar-refractivity contribution is 5.62. The summed E-state index contributed by atoms with van der Waals surface area (Å²) in [6.45, 7) is 6.88. The topological polar surface area (TPSA) is 61.7 Å². The van der Waals surface area contributed by atoms with Gasteiger partial charge < -0.3 is 20.3 Å². The molecule has 0 bridgehead atoms. The third kappa shape index (κ3) is 12.0. The molecule has 1 rings (SSSR count). The Morgan fingerprint density at radius 2 is 1.52 bits per heavy atom. The van der Waals surface area contributed by atoms with Gasteiger partial charge in [-0.05, 0) is 31.4 Å². The van der Waals surface area contributed by atoms with E-state index in [-0.39, 0.29) is 18.4 Å². The Morgan fingerprint density at radius 1 is 0.931 bits per heavy atom. The number of rotatable bonds is 19. The molecule has 167 valence electrons.